The lowest BCUT2D eigenvalue weighted by molar-refractivity contribution is 0.889. The van der Waals surface area contributed by atoms with Crippen LogP contribution >= 0.6 is 11.3 Å². The summed E-state index contributed by atoms with van der Waals surface area (Å²) >= 11 is 1.63. The lowest BCUT2D eigenvalue weighted by atomic mass is 10.1. The molecule has 118 valence electrons. The lowest BCUT2D eigenvalue weighted by Gasteiger charge is -1.99. The molecule has 24 heavy (non-hydrogen) atoms. The molecule has 0 radical (unpaired) electrons. The topological polar surface area (TPSA) is 30.7 Å². The number of thiazole rings is 1. The Morgan fingerprint density at radius 3 is 2.71 bits per heavy atom. The van der Waals surface area contributed by atoms with Crippen LogP contribution in [-0.2, 0) is 6.42 Å². The summed E-state index contributed by atoms with van der Waals surface area (Å²) in [4.78, 5) is 4.70. The fraction of sp³-hybridized carbons (Fsp3) is 0.100. The fourth-order valence-electron chi connectivity index (χ4n) is 2.77. The second kappa shape index (κ2) is 6.06. The van der Waals surface area contributed by atoms with E-state index >= 15 is 0 Å². The van der Waals surface area contributed by atoms with Crippen molar-refractivity contribution in [3.8, 4) is 16.4 Å². The zero-order chi connectivity index (χ0) is 16.5. The molecular formula is C20H17N3S. The molecule has 0 aliphatic heterocycles. The fourth-order valence-corrected chi connectivity index (χ4v) is 3.64. The Balaban J connectivity index is 2.00. The normalized spacial score (nSPS) is 11.0. The van der Waals surface area contributed by atoms with E-state index in [-0.39, 0.29) is 0 Å². The third-order valence-corrected chi connectivity index (χ3v) is 4.94. The minimum Gasteiger partial charge on any atom is -0.223 e. The van der Waals surface area contributed by atoms with E-state index in [1.807, 2.05) is 29.0 Å². The molecule has 2 aromatic carbocycles. The first kappa shape index (κ1) is 14.8. The van der Waals surface area contributed by atoms with Crippen LogP contribution in [0.15, 0.2) is 60.5 Å². The molecule has 0 aliphatic carbocycles. The van der Waals surface area contributed by atoms with Crippen LogP contribution in [0.5, 0.6) is 0 Å². The summed E-state index contributed by atoms with van der Waals surface area (Å²) in [6.45, 7) is 6.00. The van der Waals surface area contributed by atoms with Crippen LogP contribution in [0, 0.1) is 0 Å². The Morgan fingerprint density at radius 2 is 2.00 bits per heavy atom. The number of fused-ring (bicyclic) bond motifs is 1. The monoisotopic (exact) mass is 331 g/mol. The Hall–Kier alpha value is -2.72. The molecule has 0 bridgehead atoms. The van der Waals surface area contributed by atoms with Crippen molar-refractivity contribution < 1.29 is 0 Å². The van der Waals surface area contributed by atoms with Gasteiger partial charge in [-0.3, -0.25) is 0 Å². The summed E-state index contributed by atoms with van der Waals surface area (Å²) < 4.78 is 1.95. The summed E-state index contributed by atoms with van der Waals surface area (Å²) in [7, 11) is 0. The molecule has 0 saturated heterocycles. The summed E-state index contributed by atoms with van der Waals surface area (Å²) in [6, 6.07) is 16.6. The maximum Gasteiger partial charge on any atom is 0.211 e. The molecule has 0 unspecified atom stereocenters. The van der Waals surface area contributed by atoms with Crippen LogP contribution < -0.4 is 0 Å². The van der Waals surface area contributed by atoms with Crippen LogP contribution in [0.3, 0.4) is 0 Å². The maximum atomic E-state index is 4.88. The Labute approximate surface area is 144 Å². The summed E-state index contributed by atoms with van der Waals surface area (Å²) in [5.74, 6) is 0. The minimum absolute atomic E-state index is 0.903. The van der Waals surface area contributed by atoms with Crippen molar-refractivity contribution in [2.75, 3.05) is 0 Å². The molecule has 3 nitrogen and oxygen atoms in total. The van der Waals surface area contributed by atoms with Gasteiger partial charge in [0.05, 0.1) is 11.2 Å². The number of aryl methyl sites for hydroxylation is 1. The van der Waals surface area contributed by atoms with Crippen LogP contribution in [0.25, 0.3) is 33.4 Å². The molecule has 4 aromatic rings. The molecule has 0 N–H and O–H groups in total. The Morgan fingerprint density at radius 1 is 1.17 bits per heavy atom. The number of aromatic nitrogens is 3. The third-order valence-electron chi connectivity index (χ3n) is 4.07. The van der Waals surface area contributed by atoms with Crippen molar-refractivity contribution in [3.63, 3.8) is 0 Å². The standard InChI is InChI=1S/C20H17N3S/c1-3-14-10-11-17-18(12-14)23(20-21-16(4-2)13-24-20)22-19(17)15-8-6-5-7-9-15/h3,5-13H,1,4H2,2H3. The van der Waals surface area contributed by atoms with Gasteiger partial charge >= 0.3 is 0 Å². The predicted octanol–water partition coefficient (Wildman–Crippen LogP) is 5.35. The van der Waals surface area contributed by atoms with Crippen molar-refractivity contribution in [3.05, 3.63) is 71.7 Å². The maximum absolute atomic E-state index is 4.88. The summed E-state index contributed by atoms with van der Waals surface area (Å²) in [5, 5.41) is 9.01. The summed E-state index contributed by atoms with van der Waals surface area (Å²) in [5.41, 5.74) is 5.33. The van der Waals surface area contributed by atoms with E-state index < -0.39 is 0 Å². The zero-order valence-electron chi connectivity index (χ0n) is 13.4. The van der Waals surface area contributed by atoms with E-state index in [0.29, 0.717) is 0 Å². The SMILES string of the molecule is C=Cc1ccc2c(-c3ccccc3)nn(-c3nc(CC)cs3)c2c1. The molecule has 0 aliphatic rings. The van der Waals surface area contributed by atoms with Gasteiger partial charge in [-0.25, -0.2) is 9.67 Å². The smallest absolute Gasteiger partial charge is 0.211 e. The van der Waals surface area contributed by atoms with Gasteiger partial charge in [0.2, 0.25) is 5.13 Å². The predicted molar refractivity (Wildman–Crippen MR) is 102 cm³/mol. The number of benzene rings is 2. The second-order valence-corrected chi connectivity index (χ2v) is 6.42. The van der Waals surface area contributed by atoms with Gasteiger partial charge in [-0.1, -0.05) is 56.0 Å². The van der Waals surface area contributed by atoms with E-state index in [4.69, 9.17) is 10.1 Å². The average molecular weight is 331 g/mol. The van der Waals surface area contributed by atoms with Crippen molar-refractivity contribution in [1.82, 2.24) is 14.8 Å². The highest BCUT2D eigenvalue weighted by Gasteiger charge is 2.15. The van der Waals surface area contributed by atoms with Gasteiger partial charge in [-0.05, 0) is 24.1 Å². The molecule has 2 aromatic heterocycles. The number of hydrogen-bond donors (Lipinski definition) is 0. The second-order valence-electron chi connectivity index (χ2n) is 5.58. The van der Waals surface area contributed by atoms with Crippen LogP contribution in [0.2, 0.25) is 0 Å². The first-order chi connectivity index (χ1) is 11.8. The molecule has 0 fully saturated rings. The van der Waals surface area contributed by atoms with E-state index in [1.165, 1.54) is 0 Å². The van der Waals surface area contributed by atoms with Crippen LogP contribution in [0.1, 0.15) is 18.2 Å². The lowest BCUT2D eigenvalue weighted by Crippen LogP contribution is -1.96. The van der Waals surface area contributed by atoms with Crippen LogP contribution in [0.4, 0.5) is 0 Å². The van der Waals surface area contributed by atoms with Crippen molar-refractivity contribution in [2.45, 2.75) is 13.3 Å². The van der Waals surface area contributed by atoms with E-state index in [1.54, 1.807) is 11.3 Å². The van der Waals surface area contributed by atoms with Crippen LogP contribution in [-0.4, -0.2) is 14.8 Å². The highest BCUT2D eigenvalue weighted by atomic mass is 32.1. The van der Waals surface area contributed by atoms with E-state index in [9.17, 15) is 0 Å². The highest BCUT2D eigenvalue weighted by Crippen LogP contribution is 2.31. The van der Waals surface area contributed by atoms with E-state index in [0.717, 1.165) is 45.0 Å². The van der Waals surface area contributed by atoms with Gasteiger partial charge in [-0.2, -0.15) is 5.10 Å². The number of nitrogens with zero attached hydrogens (tertiary/aromatic N) is 3. The molecular weight excluding hydrogens is 314 g/mol. The first-order valence-electron chi connectivity index (χ1n) is 7.95. The van der Waals surface area contributed by atoms with Gasteiger partial charge < -0.3 is 0 Å². The minimum atomic E-state index is 0.903. The van der Waals surface area contributed by atoms with Gasteiger partial charge in [0.25, 0.3) is 0 Å². The van der Waals surface area contributed by atoms with Crippen molar-refractivity contribution in [1.29, 1.82) is 0 Å². The molecule has 0 atom stereocenters. The molecule has 4 rings (SSSR count). The van der Waals surface area contributed by atoms with Gasteiger partial charge in [0.15, 0.2) is 0 Å². The third kappa shape index (κ3) is 2.45. The Bertz CT molecular complexity index is 1010. The largest absolute Gasteiger partial charge is 0.223 e. The molecule has 0 amide bonds. The number of rotatable bonds is 4. The molecule has 4 heteroatoms. The Kier molecular flexibility index (Phi) is 3.75. The quantitative estimate of drug-likeness (QED) is 0.504. The highest BCUT2D eigenvalue weighted by molar-refractivity contribution is 7.12. The zero-order valence-corrected chi connectivity index (χ0v) is 14.3. The number of hydrogen-bond acceptors (Lipinski definition) is 3. The van der Waals surface area contributed by atoms with Crippen molar-refractivity contribution >= 4 is 28.3 Å². The molecule has 2 heterocycles. The molecule has 0 spiro atoms. The summed E-state index contributed by atoms with van der Waals surface area (Å²) in [6.07, 6.45) is 2.79. The average Bonchev–Trinajstić information content (AvgIpc) is 3.26. The first-order valence-corrected chi connectivity index (χ1v) is 8.83. The van der Waals surface area contributed by atoms with E-state index in [2.05, 4.69) is 49.2 Å². The van der Waals surface area contributed by atoms with Crippen molar-refractivity contribution in [2.24, 2.45) is 0 Å². The van der Waals surface area contributed by atoms with Gasteiger partial charge in [0.1, 0.15) is 5.69 Å². The van der Waals surface area contributed by atoms with Gasteiger partial charge in [0, 0.05) is 16.3 Å². The molecule has 0 saturated carbocycles. The van der Waals surface area contributed by atoms with Gasteiger partial charge in [-0.15, -0.1) is 11.3 Å².